The SMILES string of the molecule is Cc1cc2cnc(-c3cccc(C#C[C@]4(O)CCc5cccnc54)c3)nc2c(N)n1. The van der Waals surface area contributed by atoms with Crippen molar-refractivity contribution in [3.63, 3.8) is 0 Å². The summed E-state index contributed by atoms with van der Waals surface area (Å²) in [5.74, 6) is 7.07. The third-order valence-corrected chi connectivity index (χ3v) is 5.29. The Hall–Kier alpha value is -3.82. The molecule has 1 atom stereocenters. The van der Waals surface area contributed by atoms with Gasteiger partial charge in [0.2, 0.25) is 0 Å². The van der Waals surface area contributed by atoms with Gasteiger partial charge in [0.1, 0.15) is 11.3 Å². The average molecular weight is 393 g/mol. The lowest BCUT2D eigenvalue weighted by Crippen LogP contribution is -2.20. The van der Waals surface area contributed by atoms with E-state index in [1.54, 1.807) is 12.4 Å². The highest BCUT2D eigenvalue weighted by Crippen LogP contribution is 2.34. The maximum Gasteiger partial charge on any atom is 0.168 e. The van der Waals surface area contributed by atoms with Crippen LogP contribution in [0, 0.1) is 18.8 Å². The number of nitrogen functional groups attached to an aromatic ring is 1. The zero-order valence-electron chi connectivity index (χ0n) is 16.4. The molecule has 3 heterocycles. The molecule has 0 spiro atoms. The highest BCUT2D eigenvalue weighted by atomic mass is 16.3. The van der Waals surface area contributed by atoms with E-state index in [0.29, 0.717) is 29.3 Å². The van der Waals surface area contributed by atoms with Crippen molar-refractivity contribution in [3.8, 4) is 23.2 Å². The van der Waals surface area contributed by atoms with Crippen LogP contribution in [0.2, 0.25) is 0 Å². The standard InChI is InChI=1S/C24H19N5O/c1-15-12-19-14-27-23(29-20(19)22(25)28-15)18-5-2-4-16(13-18)7-9-24(30)10-8-17-6-3-11-26-21(17)24/h2-6,11-14,30H,8,10H2,1H3,(H2,25,28)/t24-/m0/s1. The van der Waals surface area contributed by atoms with Gasteiger partial charge in [-0.15, -0.1) is 0 Å². The minimum atomic E-state index is -1.22. The molecule has 3 N–H and O–H groups in total. The Kier molecular flexibility index (Phi) is 4.19. The number of nitrogens with two attached hydrogens (primary N) is 1. The predicted molar refractivity (Wildman–Crippen MR) is 115 cm³/mol. The van der Waals surface area contributed by atoms with Crippen LogP contribution in [0.25, 0.3) is 22.3 Å². The molecule has 6 heteroatoms. The maximum atomic E-state index is 11.0. The number of fused-ring (bicyclic) bond motifs is 2. The molecular weight excluding hydrogens is 374 g/mol. The van der Waals surface area contributed by atoms with Gasteiger partial charge < -0.3 is 10.8 Å². The highest BCUT2D eigenvalue weighted by molar-refractivity contribution is 5.88. The lowest BCUT2D eigenvalue weighted by Gasteiger charge is -2.15. The molecule has 4 aromatic rings. The lowest BCUT2D eigenvalue weighted by molar-refractivity contribution is 0.0982. The van der Waals surface area contributed by atoms with E-state index >= 15 is 0 Å². The summed E-state index contributed by atoms with van der Waals surface area (Å²) in [4.78, 5) is 17.7. The van der Waals surface area contributed by atoms with Crippen molar-refractivity contribution >= 4 is 16.7 Å². The van der Waals surface area contributed by atoms with Gasteiger partial charge in [-0.25, -0.2) is 15.0 Å². The molecule has 0 saturated carbocycles. The number of pyridine rings is 2. The topological polar surface area (TPSA) is 97.8 Å². The average Bonchev–Trinajstić information content (AvgIpc) is 3.10. The van der Waals surface area contributed by atoms with E-state index in [1.165, 1.54) is 0 Å². The fourth-order valence-corrected chi connectivity index (χ4v) is 3.82. The molecule has 146 valence electrons. The normalized spacial score (nSPS) is 17.4. The minimum absolute atomic E-state index is 0.388. The summed E-state index contributed by atoms with van der Waals surface area (Å²) in [6.45, 7) is 1.89. The smallest absolute Gasteiger partial charge is 0.168 e. The van der Waals surface area contributed by atoms with Crippen molar-refractivity contribution in [2.45, 2.75) is 25.4 Å². The van der Waals surface area contributed by atoms with E-state index in [0.717, 1.165) is 34.2 Å². The van der Waals surface area contributed by atoms with Crippen LogP contribution in [0.15, 0.2) is 54.9 Å². The molecule has 0 aliphatic heterocycles. The van der Waals surface area contributed by atoms with Gasteiger partial charge in [-0.05, 0) is 49.6 Å². The number of anilines is 1. The largest absolute Gasteiger partial charge is 0.382 e. The first-order valence-electron chi connectivity index (χ1n) is 9.72. The Morgan fingerprint density at radius 1 is 1.10 bits per heavy atom. The van der Waals surface area contributed by atoms with E-state index in [-0.39, 0.29) is 0 Å². The number of hydrogen-bond acceptors (Lipinski definition) is 6. The maximum absolute atomic E-state index is 11.0. The molecule has 0 radical (unpaired) electrons. The molecule has 30 heavy (non-hydrogen) atoms. The van der Waals surface area contributed by atoms with E-state index in [9.17, 15) is 5.11 Å². The fraction of sp³-hybridized carbons (Fsp3) is 0.167. The molecule has 1 aliphatic rings. The van der Waals surface area contributed by atoms with Crippen molar-refractivity contribution in [1.82, 2.24) is 19.9 Å². The van der Waals surface area contributed by atoms with E-state index in [1.807, 2.05) is 49.4 Å². The van der Waals surface area contributed by atoms with Crippen molar-refractivity contribution < 1.29 is 5.11 Å². The first kappa shape index (κ1) is 18.2. The molecular formula is C24H19N5O. The quantitative estimate of drug-likeness (QED) is 0.482. The third-order valence-electron chi connectivity index (χ3n) is 5.29. The first-order chi connectivity index (χ1) is 14.5. The van der Waals surface area contributed by atoms with Gasteiger partial charge in [-0.1, -0.05) is 30.0 Å². The van der Waals surface area contributed by atoms with Gasteiger partial charge in [-0.2, -0.15) is 0 Å². The summed E-state index contributed by atoms with van der Waals surface area (Å²) in [5, 5.41) is 11.8. The van der Waals surface area contributed by atoms with Crippen LogP contribution in [0.3, 0.4) is 0 Å². The van der Waals surface area contributed by atoms with Gasteiger partial charge in [0.25, 0.3) is 0 Å². The van der Waals surface area contributed by atoms with Crippen molar-refractivity contribution in [2.75, 3.05) is 5.73 Å². The summed E-state index contributed by atoms with van der Waals surface area (Å²) in [5.41, 5.74) is 9.58. The summed E-state index contributed by atoms with van der Waals surface area (Å²) in [6, 6.07) is 13.4. The van der Waals surface area contributed by atoms with Crippen molar-refractivity contribution in [1.29, 1.82) is 0 Å². The number of nitrogens with zero attached hydrogens (tertiary/aromatic N) is 4. The molecule has 0 amide bonds. The van der Waals surface area contributed by atoms with Crippen molar-refractivity contribution in [3.05, 3.63) is 77.4 Å². The summed E-state index contributed by atoms with van der Waals surface area (Å²) in [7, 11) is 0. The Labute approximate surface area is 173 Å². The molecule has 1 aromatic carbocycles. The molecule has 0 unspecified atom stereocenters. The van der Waals surface area contributed by atoms with Gasteiger partial charge in [0.15, 0.2) is 11.4 Å². The van der Waals surface area contributed by atoms with Crippen LogP contribution in [0.1, 0.15) is 28.9 Å². The number of aliphatic hydroxyl groups is 1. The van der Waals surface area contributed by atoms with E-state index in [2.05, 4.69) is 31.8 Å². The summed E-state index contributed by atoms with van der Waals surface area (Å²) in [6.07, 6.45) is 4.77. The first-order valence-corrected chi connectivity index (χ1v) is 9.72. The second-order valence-electron chi connectivity index (χ2n) is 7.48. The molecule has 6 nitrogen and oxygen atoms in total. The number of aryl methyl sites for hydroxylation is 2. The Morgan fingerprint density at radius 2 is 2.00 bits per heavy atom. The summed E-state index contributed by atoms with van der Waals surface area (Å²) < 4.78 is 0. The second kappa shape index (κ2) is 6.90. The number of benzene rings is 1. The van der Waals surface area contributed by atoms with E-state index in [4.69, 9.17) is 5.73 Å². The molecule has 1 aliphatic carbocycles. The third kappa shape index (κ3) is 3.15. The van der Waals surface area contributed by atoms with Crippen LogP contribution in [0.5, 0.6) is 0 Å². The monoisotopic (exact) mass is 393 g/mol. The second-order valence-corrected chi connectivity index (χ2v) is 7.48. The molecule has 3 aromatic heterocycles. The van der Waals surface area contributed by atoms with Gasteiger partial charge in [0.05, 0.1) is 5.69 Å². The van der Waals surface area contributed by atoms with Crippen LogP contribution < -0.4 is 5.73 Å². The van der Waals surface area contributed by atoms with Gasteiger partial charge in [0, 0.05) is 34.6 Å². The van der Waals surface area contributed by atoms with E-state index < -0.39 is 5.60 Å². The zero-order valence-corrected chi connectivity index (χ0v) is 16.4. The predicted octanol–water partition coefficient (Wildman–Crippen LogP) is 3.16. The number of rotatable bonds is 1. The highest BCUT2D eigenvalue weighted by Gasteiger charge is 2.36. The Morgan fingerprint density at radius 3 is 2.90 bits per heavy atom. The molecule has 0 saturated heterocycles. The van der Waals surface area contributed by atoms with Gasteiger partial charge in [-0.3, -0.25) is 4.98 Å². The minimum Gasteiger partial charge on any atom is -0.382 e. The number of hydrogen-bond donors (Lipinski definition) is 2. The van der Waals surface area contributed by atoms with Crippen molar-refractivity contribution in [2.24, 2.45) is 0 Å². The van der Waals surface area contributed by atoms with Crippen LogP contribution >= 0.6 is 0 Å². The Balaban J connectivity index is 1.51. The van der Waals surface area contributed by atoms with Crippen LogP contribution in [-0.2, 0) is 12.0 Å². The fourth-order valence-electron chi connectivity index (χ4n) is 3.82. The molecule has 5 rings (SSSR count). The van der Waals surface area contributed by atoms with Gasteiger partial charge >= 0.3 is 0 Å². The van der Waals surface area contributed by atoms with Crippen LogP contribution in [0.4, 0.5) is 5.82 Å². The van der Waals surface area contributed by atoms with Crippen LogP contribution in [-0.4, -0.2) is 25.0 Å². The Bertz CT molecular complexity index is 1350. The molecule has 0 fully saturated rings. The number of aromatic nitrogens is 4. The lowest BCUT2D eigenvalue weighted by atomic mass is 10.0. The zero-order chi connectivity index (χ0) is 20.7. The summed E-state index contributed by atoms with van der Waals surface area (Å²) >= 11 is 0. The molecule has 0 bridgehead atoms.